The standard InChI is InChI=1S/C46H80N2O13/c1-14-35-26(3)21-25(2)15-17-36(59-38-18-16-33(47(10)11)29(6)55-38)27(4)22-32(19-20-49)42(28(5)34(50)23-37(51)58-35)61-45-41(52)40(48(12)13)43(30(7)57-45)60-39-24-46(9,54)44(53)31(8)56-39/h15,17,20-21,26-36,38-45,50,52-54H,14,16,18-19,22-24H2,1-13H3/b17-15+,25-21+/t26-,27+,28-,29?,30?,31?,32-,33-,34+,35+,36-,38-,39-,40?,41?,42+,43+,44-,45-,46?/m0/s1. The minimum absolute atomic E-state index is 0.000458. The minimum atomic E-state index is -1.46. The summed E-state index contributed by atoms with van der Waals surface area (Å²) in [5.74, 6) is -2.05. The summed E-state index contributed by atoms with van der Waals surface area (Å²) in [6.45, 7) is 16.9. The van der Waals surface area contributed by atoms with Gasteiger partial charge in [-0.05, 0) is 100 Å². The highest BCUT2D eigenvalue weighted by Crippen LogP contribution is 2.38. The first-order valence-corrected chi connectivity index (χ1v) is 22.6. The van der Waals surface area contributed by atoms with Gasteiger partial charge in [-0.15, -0.1) is 0 Å². The van der Waals surface area contributed by atoms with Gasteiger partial charge in [-0.3, -0.25) is 4.79 Å². The molecular formula is C46H80N2O13. The fourth-order valence-electron chi connectivity index (χ4n) is 9.85. The summed E-state index contributed by atoms with van der Waals surface area (Å²) in [5, 5.41) is 45.3. The second-order valence-corrected chi connectivity index (χ2v) is 19.2. The molecular weight excluding hydrogens is 789 g/mol. The molecule has 0 aromatic heterocycles. The van der Waals surface area contributed by atoms with Gasteiger partial charge >= 0.3 is 5.97 Å². The molecule has 0 aromatic rings. The highest BCUT2D eigenvalue weighted by molar-refractivity contribution is 5.70. The van der Waals surface area contributed by atoms with Crippen molar-refractivity contribution in [3.63, 3.8) is 0 Å². The third-order valence-corrected chi connectivity index (χ3v) is 13.5. The number of hydrogen-bond acceptors (Lipinski definition) is 15. The Morgan fingerprint density at radius 3 is 2.15 bits per heavy atom. The van der Waals surface area contributed by atoms with Crippen LogP contribution in [-0.2, 0) is 42.7 Å². The molecule has 61 heavy (non-hydrogen) atoms. The van der Waals surface area contributed by atoms with Gasteiger partial charge in [0.1, 0.15) is 30.7 Å². The van der Waals surface area contributed by atoms with Gasteiger partial charge in [-0.25, -0.2) is 0 Å². The number of aldehydes is 1. The molecule has 3 saturated heterocycles. The van der Waals surface area contributed by atoms with E-state index in [0.717, 1.165) is 18.3 Å². The highest BCUT2D eigenvalue weighted by Gasteiger charge is 2.51. The first kappa shape index (κ1) is 51.8. The number of aliphatic hydroxyl groups excluding tert-OH is 3. The van der Waals surface area contributed by atoms with E-state index in [1.54, 1.807) is 34.9 Å². The third kappa shape index (κ3) is 13.6. The van der Waals surface area contributed by atoms with Crippen LogP contribution in [0.5, 0.6) is 0 Å². The Morgan fingerprint density at radius 2 is 1.56 bits per heavy atom. The monoisotopic (exact) mass is 869 g/mol. The van der Waals surface area contributed by atoms with E-state index < -0.39 is 103 Å². The first-order chi connectivity index (χ1) is 28.6. The molecule has 6 unspecified atom stereocenters. The summed E-state index contributed by atoms with van der Waals surface area (Å²) >= 11 is 0. The van der Waals surface area contributed by atoms with Crippen LogP contribution in [0.15, 0.2) is 23.8 Å². The number of ether oxygens (including phenoxy) is 7. The van der Waals surface area contributed by atoms with Crippen LogP contribution in [0.25, 0.3) is 0 Å². The molecule has 4 aliphatic heterocycles. The molecule has 0 aliphatic carbocycles. The van der Waals surface area contributed by atoms with Crippen LogP contribution in [0.4, 0.5) is 0 Å². The molecule has 4 N–H and O–H groups in total. The van der Waals surface area contributed by atoms with Crippen molar-refractivity contribution in [3.05, 3.63) is 23.8 Å². The molecule has 0 amide bonds. The summed E-state index contributed by atoms with van der Waals surface area (Å²) in [4.78, 5) is 29.9. The van der Waals surface area contributed by atoms with Gasteiger partial charge in [0.15, 0.2) is 18.9 Å². The predicted octanol–water partition coefficient (Wildman–Crippen LogP) is 3.97. The lowest BCUT2D eigenvalue weighted by molar-refractivity contribution is -0.342. The first-order valence-electron chi connectivity index (χ1n) is 22.6. The normalized spacial score (nSPS) is 46.4. The Kier molecular flexibility index (Phi) is 19.4. The van der Waals surface area contributed by atoms with E-state index in [2.05, 4.69) is 38.9 Å². The highest BCUT2D eigenvalue weighted by atomic mass is 16.7. The van der Waals surface area contributed by atoms with Gasteiger partial charge in [-0.1, -0.05) is 51.5 Å². The van der Waals surface area contributed by atoms with Crippen LogP contribution in [0.1, 0.15) is 107 Å². The maximum absolute atomic E-state index is 13.4. The number of hydrogen-bond donors (Lipinski definition) is 4. The summed E-state index contributed by atoms with van der Waals surface area (Å²) in [6, 6.07) is -0.421. The molecule has 352 valence electrons. The van der Waals surface area contributed by atoms with Gasteiger partial charge in [0.05, 0.1) is 54.7 Å². The molecule has 15 heteroatoms. The molecule has 4 heterocycles. The van der Waals surface area contributed by atoms with Gasteiger partial charge in [0.25, 0.3) is 0 Å². The van der Waals surface area contributed by atoms with E-state index in [1.807, 2.05) is 37.8 Å². The van der Waals surface area contributed by atoms with Crippen molar-refractivity contribution in [1.29, 1.82) is 0 Å². The van der Waals surface area contributed by atoms with Crippen LogP contribution < -0.4 is 0 Å². The topological polar surface area (TPSA) is 186 Å². The molecule has 0 radical (unpaired) electrons. The quantitative estimate of drug-likeness (QED) is 0.173. The number of cyclic esters (lactones) is 1. The van der Waals surface area contributed by atoms with Crippen LogP contribution in [0.2, 0.25) is 0 Å². The van der Waals surface area contributed by atoms with E-state index >= 15 is 0 Å². The van der Waals surface area contributed by atoms with Gasteiger partial charge in [0.2, 0.25) is 0 Å². The zero-order valence-electron chi connectivity index (χ0n) is 39.1. The number of carbonyl (C=O) groups excluding carboxylic acids is 2. The number of carbonyl (C=O) groups is 2. The smallest absolute Gasteiger partial charge is 0.308 e. The van der Waals surface area contributed by atoms with E-state index in [4.69, 9.17) is 33.2 Å². The summed E-state index contributed by atoms with van der Waals surface area (Å²) in [5.41, 5.74) is -0.484. The zero-order valence-corrected chi connectivity index (χ0v) is 39.1. The lowest BCUT2D eigenvalue weighted by Gasteiger charge is -2.50. The fraction of sp³-hybridized carbons (Fsp3) is 0.870. The largest absolute Gasteiger partial charge is 0.462 e. The fourth-order valence-corrected chi connectivity index (χ4v) is 9.85. The Morgan fingerprint density at radius 1 is 0.885 bits per heavy atom. The third-order valence-electron chi connectivity index (χ3n) is 13.5. The number of nitrogens with zero attached hydrogens (tertiary/aromatic N) is 2. The van der Waals surface area contributed by atoms with Gasteiger partial charge in [0, 0.05) is 30.7 Å². The molecule has 0 bridgehead atoms. The lowest BCUT2D eigenvalue weighted by Crippen LogP contribution is -2.65. The van der Waals surface area contributed by atoms with Crippen LogP contribution in [0.3, 0.4) is 0 Å². The van der Waals surface area contributed by atoms with Crippen molar-refractivity contribution in [2.24, 2.45) is 23.7 Å². The van der Waals surface area contributed by atoms with Crippen LogP contribution in [-0.4, -0.2) is 168 Å². The van der Waals surface area contributed by atoms with Gasteiger partial charge in [-0.2, -0.15) is 0 Å². The molecule has 4 rings (SSSR count). The second-order valence-electron chi connectivity index (χ2n) is 19.2. The van der Waals surface area contributed by atoms with Crippen molar-refractivity contribution < 1.29 is 63.2 Å². The van der Waals surface area contributed by atoms with E-state index in [1.165, 1.54) is 6.92 Å². The molecule has 0 aromatic carbocycles. The maximum Gasteiger partial charge on any atom is 0.308 e. The number of esters is 1. The van der Waals surface area contributed by atoms with Crippen molar-refractivity contribution >= 4 is 12.3 Å². The van der Waals surface area contributed by atoms with E-state index in [9.17, 15) is 30.0 Å². The molecule has 0 saturated carbocycles. The molecule has 3 fully saturated rings. The Labute approximate surface area is 365 Å². The number of likely N-dealkylation sites (N-methyl/N-ethyl adjacent to an activating group) is 2. The summed E-state index contributed by atoms with van der Waals surface area (Å²) < 4.78 is 44.8. The minimum Gasteiger partial charge on any atom is -0.462 e. The van der Waals surface area contributed by atoms with Crippen molar-refractivity contribution in [2.45, 2.75) is 205 Å². The SMILES string of the molecule is CC[C@H]1OC(=O)C[C@@H](O)[C@H](C)[C@@H](O[C@@H]2OC(C)[C@@H](O[C@H]3CC(C)(O)[C@@H](O)C(C)O3)C(N(C)C)C2O)[C@@H](CC=O)C[C@@H](C)[C@@H](O[C@H]2CC[C@H](N(C)C)C(C)O2)/C=C/C(C)=C/[C@@H]1C. The van der Waals surface area contributed by atoms with Gasteiger partial charge < -0.3 is 68.2 Å². The Bertz CT molecular complexity index is 1440. The number of allylic oxidation sites excluding steroid dienone is 2. The molecule has 15 nitrogen and oxygen atoms in total. The second kappa shape index (κ2) is 22.9. The molecule has 4 aliphatic rings. The lowest BCUT2D eigenvalue weighted by atomic mass is 9.79. The average Bonchev–Trinajstić information content (AvgIpc) is 3.17. The van der Waals surface area contributed by atoms with E-state index in [0.29, 0.717) is 19.3 Å². The van der Waals surface area contributed by atoms with Crippen molar-refractivity contribution in [3.8, 4) is 0 Å². The van der Waals surface area contributed by atoms with E-state index in [-0.39, 0.29) is 43.2 Å². The molecule has 0 spiro atoms. The predicted molar refractivity (Wildman–Crippen MR) is 229 cm³/mol. The van der Waals surface area contributed by atoms with Crippen LogP contribution >= 0.6 is 0 Å². The maximum atomic E-state index is 13.4. The summed E-state index contributed by atoms with van der Waals surface area (Å²) in [6.07, 6.45) is -0.704. The zero-order chi connectivity index (χ0) is 45.5. The Hall–Kier alpha value is -1.86. The van der Waals surface area contributed by atoms with Crippen molar-refractivity contribution in [2.75, 3.05) is 28.2 Å². The number of rotatable bonds is 11. The summed E-state index contributed by atoms with van der Waals surface area (Å²) in [7, 11) is 7.71. The Balaban J connectivity index is 1.69. The number of aliphatic hydroxyl groups is 4. The molecule has 20 atom stereocenters. The van der Waals surface area contributed by atoms with Crippen LogP contribution in [0, 0.1) is 23.7 Å². The average molecular weight is 869 g/mol. The van der Waals surface area contributed by atoms with Crippen molar-refractivity contribution in [1.82, 2.24) is 9.80 Å².